The number of hydrogen-bond acceptors (Lipinski definition) is 6. The lowest BCUT2D eigenvalue weighted by Crippen LogP contribution is -2.35. The van der Waals surface area contributed by atoms with Crippen molar-refractivity contribution < 1.29 is 19.1 Å². The number of carbonyl (C=O) groups excluding carboxylic acids is 2. The van der Waals surface area contributed by atoms with Crippen LogP contribution in [0.5, 0.6) is 0 Å². The van der Waals surface area contributed by atoms with Crippen LogP contribution in [-0.2, 0) is 9.47 Å². The van der Waals surface area contributed by atoms with Gasteiger partial charge in [-0.15, -0.1) is 0 Å². The molecule has 0 radical (unpaired) electrons. The van der Waals surface area contributed by atoms with E-state index in [0.29, 0.717) is 23.8 Å². The second-order valence-electron chi connectivity index (χ2n) is 9.81. The summed E-state index contributed by atoms with van der Waals surface area (Å²) in [6.07, 6.45) is 4.92. The molecule has 0 N–H and O–H groups in total. The number of benzene rings is 1. The number of rotatable bonds is 4. The Morgan fingerprint density at radius 2 is 1.97 bits per heavy atom. The molecule has 1 saturated carbocycles. The van der Waals surface area contributed by atoms with Crippen molar-refractivity contribution in [1.82, 2.24) is 4.98 Å². The summed E-state index contributed by atoms with van der Waals surface area (Å²) < 4.78 is 10.3. The average molecular weight is 411 g/mol. The summed E-state index contributed by atoms with van der Waals surface area (Å²) in [5.41, 5.74) is 2.92. The number of nitrogens with zero attached hydrogens (tertiary/aromatic N) is 2. The van der Waals surface area contributed by atoms with E-state index in [4.69, 9.17) is 9.47 Å². The number of fused-ring (bicyclic) bond motifs is 3. The molecule has 6 nitrogen and oxygen atoms in total. The highest BCUT2D eigenvalue weighted by Gasteiger charge is 2.50. The van der Waals surface area contributed by atoms with Crippen LogP contribution in [0.1, 0.15) is 67.7 Å². The van der Waals surface area contributed by atoms with Gasteiger partial charge >= 0.3 is 11.9 Å². The number of ether oxygens (including phenoxy) is 2. The van der Waals surface area contributed by atoms with E-state index in [1.54, 1.807) is 25.3 Å². The minimum absolute atomic E-state index is 0.188. The van der Waals surface area contributed by atoms with E-state index < -0.39 is 5.97 Å². The van der Waals surface area contributed by atoms with Crippen LogP contribution >= 0.6 is 0 Å². The lowest BCUT2D eigenvalue weighted by Gasteiger charge is -2.39. The minimum Gasteiger partial charge on any atom is -0.465 e. The SMILES string of the molecule is CCOC(=O)c1cnc2ccc(C(=O)OC)cc2c1N1CC2(C)CC1CC(C)(C)C2. The molecule has 1 aliphatic heterocycles. The topological polar surface area (TPSA) is 68.7 Å². The predicted molar refractivity (Wildman–Crippen MR) is 116 cm³/mol. The van der Waals surface area contributed by atoms with Gasteiger partial charge in [0.05, 0.1) is 30.5 Å². The molecule has 1 aromatic heterocycles. The molecule has 2 atom stereocenters. The fraction of sp³-hybridized carbons (Fsp3) is 0.542. The maximum Gasteiger partial charge on any atom is 0.341 e. The summed E-state index contributed by atoms with van der Waals surface area (Å²) in [6, 6.07) is 5.65. The summed E-state index contributed by atoms with van der Waals surface area (Å²) in [5, 5.41) is 0.789. The van der Waals surface area contributed by atoms with Gasteiger partial charge in [-0.3, -0.25) is 4.98 Å². The number of anilines is 1. The zero-order valence-electron chi connectivity index (χ0n) is 18.4. The molecule has 30 heavy (non-hydrogen) atoms. The Kier molecular flexibility index (Phi) is 4.99. The van der Waals surface area contributed by atoms with Crippen molar-refractivity contribution in [2.24, 2.45) is 10.8 Å². The van der Waals surface area contributed by atoms with E-state index >= 15 is 0 Å². The molecule has 6 heteroatoms. The van der Waals surface area contributed by atoms with Gasteiger partial charge in [-0.05, 0) is 55.2 Å². The molecule has 1 aliphatic carbocycles. The predicted octanol–water partition coefficient (Wildman–Crippen LogP) is 4.60. The quantitative estimate of drug-likeness (QED) is 0.686. The van der Waals surface area contributed by atoms with Crippen molar-refractivity contribution in [1.29, 1.82) is 0 Å². The van der Waals surface area contributed by atoms with Crippen LogP contribution in [-0.4, -0.2) is 43.2 Å². The number of aromatic nitrogens is 1. The second-order valence-corrected chi connectivity index (χ2v) is 9.81. The Balaban J connectivity index is 1.92. The molecule has 160 valence electrons. The smallest absolute Gasteiger partial charge is 0.341 e. The van der Waals surface area contributed by atoms with Crippen LogP contribution < -0.4 is 4.90 Å². The molecule has 4 rings (SSSR count). The van der Waals surface area contributed by atoms with Gasteiger partial charge in [0.15, 0.2) is 0 Å². The molecular formula is C24H30N2O4. The Hall–Kier alpha value is -2.63. The summed E-state index contributed by atoms with van der Waals surface area (Å²) in [5.74, 6) is -0.783. The molecule has 1 aromatic carbocycles. The molecule has 2 aliphatic rings. The van der Waals surface area contributed by atoms with Crippen molar-refractivity contribution in [2.45, 2.75) is 53.0 Å². The van der Waals surface area contributed by atoms with Crippen molar-refractivity contribution in [3.63, 3.8) is 0 Å². The minimum atomic E-state index is -0.405. The summed E-state index contributed by atoms with van der Waals surface area (Å²) >= 11 is 0. The molecule has 2 bridgehead atoms. The van der Waals surface area contributed by atoms with Gasteiger partial charge in [0.2, 0.25) is 0 Å². The van der Waals surface area contributed by atoms with Crippen molar-refractivity contribution >= 4 is 28.5 Å². The highest BCUT2D eigenvalue weighted by atomic mass is 16.5. The normalized spacial score (nSPS) is 24.7. The Labute approximate surface area is 177 Å². The van der Waals surface area contributed by atoms with E-state index in [0.717, 1.165) is 42.4 Å². The highest BCUT2D eigenvalue weighted by molar-refractivity contribution is 6.07. The second kappa shape index (κ2) is 7.25. The first kappa shape index (κ1) is 20.6. The third-order valence-electron chi connectivity index (χ3n) is 6.46. The molecule has 0 amide bonds. The number of methoxy groups -OCH3 is 1. The van der Waals surface area contributed by atoms with Gasteiger partial charge in [0.25, 0.3) is 0 Å². The molecule has 1 saturated heterocycles. The fourth-order valence-corrected chi connectivity index (χ4v) is 5.81. The van der Waals surface area contributed by atoms with Gasteiger partial charge in [0, 0.05) is 24.2 Å². The standard InChI is InChI=1S/C24H30N2O4/c1-6-30-22(28)18-12-25-19-8-7-15(21(27)29-5)9-17(19)20(18)26-14-24(4)11-16(26)10-23(2,3)13-24/h7-9,12,16H,6,10-11,13-14H2,1-5H3. The van der Waals surface area contributed by atoms with E-state index in [-0.39, 0.29) is 16.8 Å². The highest BCUT2D eigenvalue weighted by Crippen LogP contribution is 2.54. The number of hydrogen-bond donors (Lipinski definition) is 0. The van der Waals surface area contributed by atoms with Gasteiger partial charge in [0.1, 0.15) is 5.56 Å². The number of pyridine rings is 1. The van der Waals surface area contributed by atoms with Gasteiger partial charge < -0.3 is 14.4 Å². The molecule has 0 spiro atoms. The van der Waals surface area contributed by atoms with E-state index in [9.17, 15) is 9.59 Å². The largest absolute Gasteiger partial charge is 0.465 e. The third kappa shape index (κ3) is 3.53. The molecule has 2 fully saturated rings. The van der Waals surface area contributed by atoms with E-state index in [1.165, 1.54) is 7.11 Å². The number of carbonyl (C=O) groups is 2. The molecule has 2 unspecified atom stereocenters. The van der Waals surface area contributed by atoms with Gasteiger partial charge in [-0.2, -0.15) is 0 Å². The van der Waals surface area contributed by atoms with Crippen LogP contribution in [0.4, 0.5) is 5.69 Å². The van der Waals surface area contributed by atoms with Gasteiger partial charge in [-0.1, -0.05) is 20.8 Å². The van der Waals surface area contributed by atoms with E-state index in [1.807, 2.05) is 6.07 Å². The third-order valence-corrected chi connectivity index (χ3v) is 6.46. The van der Waals surface area contributed by atoms with Crippen molar-refractivity contribution in [3.8, 4) is 0 Å². The molecular weight excluding hydrogens is 380 g/mol. The van der Waals surface area contributed by atoms with Crippen LogP contribution in [0.15, 0.2) is 24.4 Å². The maximum absolute atomic E-state index is 12.9. The van der Waals surface area contributed by atoms with Crippen molar-refractivity contribution in [3.05, 3.63) is 35.5 Å². The van der Waals surface area contributed by atoms with Gasteiger partial charge in [-0.25, -0.2) is 9.59 Å². The lowest BCUT2D eigenvalue weighted by atomic mass is 9.65. The Bertz CT molecular complexity index is 1020. The van der Waals surface area contributed by atoms with E-state index in [2.05, 4.69) is 30.7 Å². The monoisotopic (exact) mass is 410 g/mol. The maximum atomic E-state index is 12.9. The summed E-state index contributed by atoms with van der Waals surface area (Å²) in [4.78, 5) is 31.9. The first-order chi connectivity index (χ1) is 14.2. The first-order valence-electron chi connectivity index (χ1n) is 10.6. The van der Waals surface area contributed by atoms with Crippen LogP contribution in [0.2, 0.25) is 0 Å². The average Bonchev–Trinajstić information content (AvgIpc) is 2.94. The Morgan fingerprint density at radius 1 is 1.20 bits per heavy atom. The van der Waals surface area contributed by atoms with Crippen LogP contribution in [0, 0.1) is 10.8 Å². The van der Waals surface area contributed by atoms with Crippen LogP contribution in [0.3, 0.4) is 0 Å². The summed E-state index contributed by atoms with van der Waals surface area (Å²) in [6.45, 7) is 9.96. The zero-order valence-corrected chi connectivity index (χ0v) is 18.4. The lowest BCUT2D eigenvalue weighted by molar-refractivity contribution is 0.0525. The van der Waals surface area contributed by atoms with Crippen LogP contribution in [0.25, 0.3) is 10.9 Å². The number of esters is 2. The van der Waals surface area contributed by atoms with Crippen molar-refractivity contribution in [2.75, 3.05) is 25.2 Å². The summed E-state index contributed by atoms with van der Waals surface area (Å²) in [7, 11) is 1.37. The molecule has 2 heterocycles. The Morgan fingerprint density at radius 3 is 2.67 bits per heavy atom. The fourth-order valence-electron chi connectivity index (χ4n) is 5.81. The zero-order chi connectivity index (χ0) is 21.7. The first-order valence-corrected chi connectivity index (χ1v) is 10.6. The molecule has 2 aromatic rings.